The van der Waals surface area contributed by atoms with Gasteiger partial charge in [0.1, 0.15) is 11.4 Å². The molecule has 1 saturated heterocycles. The summed E-state index contributed by atoms with van der Waals surface area (Å²) in [6.07, 6.45) is 13.7. The second kappa shape index (κ2) is 10.3. The maximum Gasteiger partial charge on any atom is 0.254 e. The van der Waals surface area contributed by atoms with Crippen LogP contribution in [0.25, 0.3) is 10.9 Å². The molecule has 2 aromatic rings. The van der Waals surface area contributed by atoms with Gasteiger partial charge in [-0.2, -0.15) is 0 Å². The first-order valence-corrected chi connectivity index (χ1v) is 13.8. The summed E-state index contributed by atoms with van der Waals surface area (Å²) >= 11 is 6.38. The Balaban J connectivity index is 1.27. The molecule has 1 amide bonds. The first-order chi connectivity index (χ1) is 16.9. The number of amides is 1. The Kier molecular flexibility index (Phi) is 7.19. The van der Waals surface area contributed by atoms with E-state index >= 15 is 0 Å². The number of benzene rings is 1. The monoisotopic (exact) mass is 495 g/mol. The van der Waals surface area contributed by atoms with Gasteiger partial charge in [-0.05, 0) is 62.1 Å². The van der Waals surface area contributed by atoms with E-state index < -0.39 is 5.54 Å². The third kappa shape index (κ3) is 5.28. The molecule has 0 bridgehead atoms. The summed E-state index contributed by atoms with van der Waals surface area (Å²) in [5.41, 5.74) is 0.209. The Morgan fingerprint density at radius 3 is 2.69 bits per heavy atom. The van der Waals surface area contributed by atoms with Crippen LogP contribution in [0.1, 0.15) is 77.0 Å². The lowest BCUT2D eigenvalue weighted by Crippen LogP contribution is -2.49. The lowest BCUT2D eigenvalue weighted by molar-refractivity contribution is -0.131. The molecular formula is C28H38ClN5O. The molecule has 1 aromatic heterocycles. The minimum Gasteiger partial charge on any atom is -0.367 e. The van der Waals surface area contributed by atoms with E-state index in [1.807, 2.05) is 24.3 Å². The predicted molar refractivity (Wildman–Crippen MR) is 143 cm³/mol. The van der Waals surface area contributed by atoms with Crippen molar-refractivity contribution in [1.82, 2.24) is 15.2 Å². The molecule has 2 heterocycles. The van der Waals surface area contributed by atoms with Crippen molar-refractivity contribution in [3.05, 3.63) is 35.4 Å². The average Bonchev–Trinajstić information content (AvgIpc) is 3.08. The van der Waals surface area contributed by atoms with Gasteiger partial charge in [-0.1, -0.05) is 68.7 Å². The standard InChI is InChI=1S/C28H38ClN5O/c1-34-26(35)28(33-27(34)30,16-15-19-7-3-2-4-8-19)18-20-9-5-11-22(17-20)31-24-14-13-21-10-6-12-23(29)25(21)32-24/h6,10,12-14,19-20,22H,2-5,7-9,11,15-18H2,1H3,(H2,30,33)(H,31,32)/t20-,22-,28?/m0/s1. The summed E-state index contributed by atoms with van der Waals surface area (Å²) in [6, 6.07) is 10.3. The molecule has 1 aromatic carbocycles. The fraction of sp³-hybridized carbons (Fsp3) is 0.607. The number of nitrogens with one attached hydrogen (secondary N) is 3. The van der Waals surface area contributed by atoms with Crippen molar-refractivity contribution in [2.24, 2.45) is 11.8 Å². The Morgan fingerprint density at radius 1 is 1.11 bits per heavy atom. The van der Waals surface area contributed by atoms with Crippen molar-refractivity contribution in [3.8, 4) is 0 Å². The van der Waals surface area contributed by atoms with E-state index in [1.54, 1.807) is 7.05 Å². The van der Waals surface area contributed by atoms with Crippen molar-refractivity contribution >= 4 is 40.2 Å². The summed E-state index contributed by atoms with van der Waals surface area (Å²) in [5.74, 6) is 2.36. The van der Waals surface area contributed by atoms with Crippen molar-refractivity contribution in [2.45, 2.75) is 88.6 Å². The summed E-state index contributed by atoms with van der Waals surface area (Å²) in [6.45, 7) is 0. The van der Waals surface area contributed by atoms with Gasteiger partial charge >= 0.3 is 0 Å². The molecule has 3 atom stereocenters. The Labute approximate surface area is 213 Å². The fourth-order valence-corrected chi connectivity index (χ4v) is 6.85. The summed E-state index contributed by atoms with van der Waals surface area (Å²) in [4.78, 5) is 19.7. The number of fused-ring (bicyclic) bond motifs is 1. The number of halogens is 1. The van der Waals surface area contributed by atoms with Crippen molar-refractivity contribution in [2.75, 3.05) is 12.4 Å². The van der Waals surface area contributed by atoms with Crippen LogP contribution in [0.5, 0.6) is 0 Å². The van der Waals surface area contributed by atoms with Crippen LogP contribution in [0.2, 0.25) is 5.02 Å². The topological polar surface area (TPSA) is 81.1 Å². The quantitative estimate of drug-likeness (QED) is 0.418. The molecule has 6 nitrogen and oxygen atoms in total. The maximum atomic E-state index is 13.4. The number of guanidine groups is 1. The van der Waals surface area contributed by atoms with Crippen LogP contribution in [-0.2, 0) is 4.79 Å². The van der Waals surface area contributed by atoms with Crippen LogP contribution in [0.3, 0.4) is 0 Å². The van der Waals surface area contributed by atoms with Gasteiger partial charge in [0.25, 0.3) is 5.91 Å². The Morgan fingerprint density at radius 2 is 1.91 bits per heavy atom. The lowest BCUT2D eigenvalue weighted by Gasteiger charge is -2.37. The number of nitrogens with zero attached hydrogens (tertiary/aromatic N) is 2. The van der Waals surface area contributed by atoms with Gasteiger partial charge in [-0.15, -0.1) is 0 Å². The van der Waals surface area contributed by atoms with Crippen LogP contribution in [0.4, 0.5) is 5.82 Å². The predicted octanol–water partition coefficient (Wildman–Crippen LogP) is 6.34. The van der Waals surface area contributed by atoms with Crippen LogP contribution in [0, 0.1) is 17.2 Å². The molecule has 3 N–H and O–H groups in total. The van der Waals surface area contributed by atoms with E-state index in [9.17, 15) is 4.79 Å². The second-order valence-electron chi connectivity index (χ2n) is 11.0. The average molecular weight is 496 g/mol. The number of pyridine rings is 1. The normalized spacial score (nSPS) is 27.9. The molecule has 188 valence electrons. The van der Waals surface area contributed by atoms with E-state index in [-0.39, 0.29) is 11.9 Å². The van der Waals surface area contributed by atoms with Crippen molar-refractivity contribution in [1.29, 1.82) is 5.41 Å². The number of aromatic nitrogens is 1. The van der Waals surface area contributed by atoms with Crippen molar-refractivity contribution < 1.29 is 4.79 Å². The maximum absolute atomic E-state index is 13.4. The van der Waals surface area contributed by atoms with Gasteiger partial charge in [0.2, 0.25) is 0 Å². The number of rotatable bonds is 7. The van der Waals surface area contributed by atoms with Gasteiger partial charge in [0.15, 0.2) is 5.96 Å². The van der Waals surface area contributed by atoms with Gasteiger partial charge < -0.3 is 10.6 Å². The molecule has 0 spiro atoms. The molecule has 3 fully saturated rings. The van der Waals surface area contributed by atoms with E-state index in [1.165, 1.54) is 37.0 Å². The number of likely N-dealkylation sites (N-methyl/N-ethyl adjacent to an activating group) is 1. The number of hydrogen-bond acceptors (Lipinski definition) is 4. The number of anilines is 1. The smallest absolute Gasteiger partial charge is 0.254 e. The SMILES string of the molecule is CN1C(=N)NC(CCC2CCCCC2)(C[C@H]2CCC[C@H](Nc3ccc4cccc(Cl)c4n3)C2)C1=O. The Bertz CT molecular complexity index is 1080. The molecule has 2 aliphatic carbocycles. The Hall–Kier alpha value is -2.34. The fourth-order valence-electron chi connectivity index (χ4n) is 6.62. The zero-order chi connectivity index (χ0) is 24.4. The largest absolute Gasteiger partial charge is 0.367 e. The molecule has 5 rings (SSSR count). The van der Waals surface area contributed by atoms with Crippen molar-refractivity contribution in [3.63, 3.8) is 0 Å². The number of para-hydroxylation sites is 1. The first kappa shape index (κ1) is 24.4. The first-order valence-electron chi connectivity index (χ1n) is 13.4. The highest BCUT2D eigenvalue weighted by Crippen LogP contribution is 2.39. The van der Waals surface area contributed by atoms with E-state index in [0.717, 1.165) is 67.6 Å². The van der Waals surface area contributed by atoms with Gasteiger partial charge in [-0.3, -0.25) is 15.1 Å². The summed E-state index contributed by atoms with van der Waals surface area (Å²) in [7, 11) is 1.74. The molecular weight excluding hydrogens is 458 g/mol. The van der Waals surface area contributed by atoms with E-state index in [2.05, 4.69) is 16.7 Å². The zero-order valence-corrected chi connectivity index (χ0v) is 21.5. The molecule has 35 heavy (non-hydrogen) atoms. The summed E-state index contributed by atoms with van der Waals surface area (Å²) in [5, 5.41) is 17.0. The highest BCUT2D eigenvalue weighted by atomic mass is 35.5. The molecule has 7 heteroatoms. The minimum absolute atomic E-state index is 0.0826. The van der Waals surface area contributed by atoms with Gasteiger partial charge in [-0.25, -0.2) is 4.98 Å². The highest BCUT2D eigenvalue weighted by molar-refractivity contribution is 6.35. The molecule has 0 radical (unpaired) electrons. The number of carbonyl (C=O) groups is 1. The molecule has 3 aliphatic rings. The van der Waals surface area contributed by atoms with E-state index in [4.69, 9.17) is 22.0 Å². The lowest BCUT2D eigenvalue weighted by atomic mass is 9.74. The van der Waals surface area contributed by atoms with Gasteiger partial charge in [0.05, 0.1) is 10.5 Å². The zero-order valence-electron chi connectivity index (χ0n) is 20.8. The third-order valence-electron chi connectivity index (χ3n) is 8.55. The van der Waals surface area contributed by atoms with E-state index in [0.29, 0.717) is 17.0 Å². The molecule has 1 aliphatic heterocycles. The van der Waals surface area contributed by atoms with Crippen LogP contribution < -0.4 is 10.6 Å². The molecule has 1 unspecified atom stereocenters. The van der Waals surface area contributed by atoms with Crippen LogP contribution in [0.15, 0.2) is 30.3 Å². The number of hydrogen-bond donors (Lipinski definition) is 3. The molecule has 2 saturated carbocycles. The summed E-state index contributed by atoms with van der Waals surface area (Å²) < 4.78 is 0. The number of carbonyl (C=O) groups excluding carboxylic acids is 1. The van der Waals surface area contributed by atoms with Gasteiger partial charge in [0, 0.05) is 18.5 Å². The third-order valence-corrected chi connectivity index (χ3v) is 8.86. The van der Waals surface area contributed by atoms with Crippen LogP contribution in [-0.4, -0.2) is 40.4 Å². The highest BCUT2D eigenvalue weighted by Gasteiger charge is 2.49. The van der Waals surface area contributed by atoms with Crippen LogP contribution >= 0.6 is 11.6 Å². The second-order valence-corrected chi connectivity index (χ2v) is 11.5. The minimum atomic E-state index is -0.620.